The highest BCUT2D eigenvalue weighted by Gasteiger charge is 2.70. The molecule has 4 aliphatic rings. The molecule has 4 rings (SSSR count). The molecule has 3 fully saturated rings. The quantitative estimate of drug-likeness (QED) is 0.210. The first-order valence-corrected chi connectivity index (χ1v) is 12.8. The van der Waals surface area contributed by atoms with Crippen molar-refractivity contribution in [3.63, 3.8) is 0 Å². The number of ether oxygens (including phenoxy) is 3. The van der Waals surface area contributed by atoms with Crippen LogP contribution in [0.15, 0.2) is 23.8 Å². The Balaban J connectivity index is 1.63. The molecule has 0 amide bonds. The van der Waals surface area contributed by atoms with Crippen molar-refractivity contribution >= 4 is 23.7 Å². The summed E-state index contributed by atoms with van der Waals surface area (Å²) in [5, 5.41) is 20.9. The SMILES string of the molecule is CC(=O)OCC(=O)[C@@]1(OC(=O)OCCO[N+](=O)[O-])CCC2C3CCC4=CC(=O)C=C[C@]4(C)C3[C@@H](O)C[C@@]21C. The monoisotopic (exact) mass is 535 g/mol. The van der Waals surface area contributed by atoms with Crippen LogP contribution < -0.4 is 0 Å². The zero-order valence-corrected chi connectivity index (χ0v) is 21.7. The minimum atomic E-state index is -1.74. The third-order valence-corrected chi connectivity index (χ3v) is 9.23. The number of Topliss-reactive ketones (excluding diaryl/α,β-unsaturated/α-hetero) is 1. The highest BCUT2D eigenvalue weighted by molar-refractivity contribution is 6.01. The van der Waals surface area contributed by atoms with Gasteiger partial charge in [0.05, 0.1) is 6.10 Å². The number of hydrogen-bond acceptors (Lipinski definition) is 11. The van der Waals surface area contributed by atoms with E-state index in [0.29, 0.717) is 19.3 Å². The summed E-state index contributed by atoms with van der Waals surface area (Å²) in [5.41, 5.74) is -2.27. The first-order chi connectivity index (χ1) is 17.8. The van der Waals surface area contributed by atoms with Gasteiger partial charge in [-0.05, 0) is 56.1 Å². The Morgan fingerprint density at radius 1 is 1.18 bits per heavy atom. The summed E-state index contributed by atoms with van der Waals surface area (Å²) in [6, 6.07) is 0. The normalized spacial score (nSPS) is 37.2. The van der Waals surface area contributed by atoms with Gasteiger partial charge in [0.1, 0.15) is 13.2 Å². The van der Waals surface area contributed by atoms with Crippen molar-refractivity contribution in [2.75, 3.05) is 19.8 Å². The molecule has 0 aromatic rings. The predicted octanol–water partition coefficient (Wildman–Crippen LogP) is 2.50. The summed E-state index contributed by atoms with van der Waals surface area (Å²) in [6.07, 6.45) is 5.14. The molecule has 0 heterocycles. The average molecular weight is 536 g/mol. The molecular formula is C26H33NO11. The van der Waals surface area contributed by atoms with E-state index in [1.54, 1.807) is 6.08 Å². The molecule has 1 N–H and O–H groups in total. The Morgan fingerprint density at radius 2 is 1.92 bits per heavy atom. The van der Waals surface area contributed by atoms with E-state index >= 15 is 0 Å². The Hall–Kier alpha value is -3.28. The molecule has 0 aromatic carbocycles. The maximum Gasteiger partial charge on any atom is 0.509 e. The second kappa shape index (κ2) is 10.1. The summed E-state index contributed by atoms with van der Waals surface area (Å²) < 4.78 is 15.7. The Kier molecular flexibility index (Phi) is 7.39. The Bertz CT molecular complexity index is 1100. The molecule has 0 bridgehead atoms. The number of ketones is 2. The number of aliphatic hydroxyl groups excluding tert-OH is 1. The van der Waals surface area contributed by atoms with Crippen molar-refractivity contribution in [3.8, 4) is 0 Å². The fourth-order valence-corrected chi connectivity index (χ4v) is 7.69. The predicted molar refractivity (Wildman–Crippen MR) is 128 cm³/mol. The summed E-state index contributed by atoms with van der Waals surface area (Å²) in [4.78, 5) is 64.3. The molecule has 3 saturated carbocycles. The van der Waals surface area contributed by atoms with Gasteiger partial charge in [-0.15, -0.1) is 10.1 Å². The number of esters is 1. The standard InChI is InChI=1S/C26H33NO11/c1-15(28)36-14-21(31)26(38-23(32)35-10-11-37-27(33)34)9-7-19-18-5-4-16-12-17(29)6-8-24(16,2)22(18)20(30)13-25(19,26)3/h6,8,12,18-20,22,30H,4-5,7,9-11,13-14H2,1-3H3/t18?,19?,20-,22?,24-,25-,26-/m0/s1. The average Bonchev–Trinajstić information content (AvgIpc) is 3.12. The van der Waals surface area contributed by atoms with E-state index in [1.807, 2.05) is 19.9 Å². The molecule has 0 aliphatic heterocycles. The molecule has 208 valence electrons. The maximum absolute atomic E-state index is 13.6. The van der Waals surface area contributed by atoms with Gasteiger partial charge in [0.25, 0.3) is 5.09 Å². The van der Waals surface area contributed by atoms with Gasteiger partial charge in [-0.3, -0.25) is 14.4 Å². The third-order valence-electron chi connectivity index (χ3n) is 9.23. The van der Waals surface area contributed by atoms with Crippen LogP contribution in [-0.2, 0) is 33.4 Å². The second-order valence-corrected chi connectivity index (χ2v) is 11.0. The number of carbonyl (C=O) groups excluding carboxylic acids is 4. The molecule has 0 radical (unpaired) electrons. The van der Waals surface area contributed by atoms with Crippen molar-refractivity contribution in [2.24, 2.45) is 28.6 Å². The number of rotatable bonds is 8. The number of nitrogens with zero attached hydrogens (tertiary/aromatic N) is 1. The maximum atomic E-state index is 13.6. The van der Waals surface area contributed by atoms with Crippen LogP contribution in [0.3, 0.4) is 0 Å². The fraction of sp³-hybridized carbons (Fsp3) is 0.692. The van der Waals surface area contributed by atoms with Crippen LogP contribution in [0.25, 0.3) is 0 Å². The van der Waals surface area contributed by atoms with E-state index in [4.69, 9.17) is 14.2 Å². The smallest absolute Gasteiger partial charge is 0.458 e. The zero-order valence-electron chi connectivity index (χ0n) is 21.7. The van der Waals surface area contributed by atoms with Crippen molar-refractivity contribution in [2.45, 2.75) is 64.6 Å². The number of fused-ring (bicyclic) bond motifs is 5. The summed E-state index contributed by atoms with van der Waals surface area (Å²) in [6.45, 7) is 3.40. The molecule has 7 atom stereocenters. The van der Waals surface area contributed by atoms with Gasteiger partial charge in [0.15, 0.2) is 18.0 Å². The topological polar surface area (TPSA) is 169 Å². The van der Waals surface area contributed by atoms with Gasteiger partial charge in [0.2, 0.25) is 5.78 Å². The first-order valence-electron chi connectivity index (χ1n) is 12.8. The molecule has 0 aromatic heterocycles. The van der Waals surface area contributed by atoms with Crippen LogP contribution in [0, 0.1) is 38.7 Å². The summed E-state index contributed by atoms with van der Waals surface area (Å²) >= 11 is 0. The van der Waals surface area contributed by atoms with Gasteiger partial charge < -0.3 is 24.2 Å². The van der Waals surface area contributed by atoms with Crippen LogP contribution in [0.5, 0.6) is 0 Å². The van der Waals surface area contributed by atoms with Gasteiger partial charge in [-0.2, -0.15) is 0 Å². The van der Waals surface area contributed by atoms with E-state index in [-0.39, 0.29) is 36.4 Å². The van der Waals surface area contributed by atoms with E-state index in [1.165, 1.54) is 6.08 Å². The second-order valence-electron chi connectivity index (χ2n) is 11.0. The largest absolute Gasteiger partial charge is 0.509 e. The van der Waals surface area contributed by atoms with Gasteiger partial charge in [-0.1, -0.05) is 25.5 Å². The zero-order chi connectivity index (χ0) is 27.9. The third kappa shape index (κ3) is 4.59. The van der Waals surface area contributed by atoms with Crippen LogP contribution in [0.2, 0.25) is 0 Å². The molecule has 12 heteroatoms. The molecule has 38 heavy (non-hydrogen) atoms. The minimum Gasteiger partial charge on any atom is -0.458 e. The number of aliphatic hydroxyl groups is 1. The van der Waals surface area contributed by atoms with E-state index in [9.17, 15) is 34.4 Å². The molecule has 0 saturated heterocycles. The lowest BCUT2D eigenvalue weighted by molar-refractivity contribution is -0.757. The van der Waals surface area contributed by atoms with Crippen LogP contribution in [0.1, 0.15) is 52.9 Å². The first kappa shape index (κ1) is 27.7. The number of carbonyl (C=O) groups is 4. The Morgan fingerprint density at radius 3 is 2.61 bits per heavy atom. The Labute approximate surface area is 219 Å². The number of hydrogen-bond donors (Lipinski definition) is 1. The van der Waals surface area contributed by atoms with E-state index in [0.717, 1.165) is 12.5 Å². The van der Waals surface area contributed by atoms with Crippen molar-refractivity contribution < 1.29 is 48.4 Å². The van der Waals surface area contributed by atoms with Crippen molar-refractivity contribution in [3.05, 3.63) is 33.9 Å². The molecule has 3 unspecified atom stereocenters. The number of allylic oxidation sites excluding steroid dienone is 4. The summed E-state index contributed by atoms with van der Waals surface area (Å²) in [7, 11) is 0. The lowest BCUT2D eigenvalue weighted by Gasteiger charge is -2.59. The molecule has 12 nitrogen and oxygen atoms in total. The van der Waals surface area contributed by atoms with E-state index in [2.05, 4.69) is 4.84 Å². The van der Waals surface area contributed by atoms with Crippen molar-refractivity contribution in [1.82, 2.24) is 0 Å². The molecular weight excluding hydrogens is 502 g/mol. The lowest BCUT2D eigenvalue weighted by Crippen LogP contribution is -2.63. The van der Waals surface area contributed by atoms with Gasteiger partial charge in [-0.25, -0.2) is 4.79 Å². The molecule has 0 spiro atoms. The van der Waals surface area contributed by atoms with Crippen LogP contribution in [-0.4, -0.2) is 65.4 Å². The lowest BCUT2D eigenvalue weighted by atomic mass is 9.46. The highest BCUT2D eigenvalue weighted by atomic mass is 17.0. The minimum absolute atomic E-state index is 0.0275. The van der Waals surface area contributed by atoms with Crippen LogP contribution in [0.4, 0.5) is 4.79 Å². The van der Waals surface area contributed by atoms with E-state index < -0.39 is 65.4 Å². The van der Waals surface area contributed by atoms with Gasteiger partial charge in [0, 0.05) is 23.7 Å². The summed E-state index contributed by atoms with van der Waals surface area (Å²) in [5.74, 6) is -1.71. The fourth-order valence-electron chi connectivity index (χ4n) is 7.69. The van der Waals surface area contributed by atoms with Gasteiger partial charge >= 0.3 is 12.1 Å². The highest BCUT2D eigenvalue weighted by Crippen LogP contribution is 2.67. The van der Waals surface area contributed by atoms with Crippen LogP contribution >= 0.6 is 0 Å². The molecule has 4 aliphatic carbocycles. The van der Waals surface area contributed by atoms with Crippen molar-refractivity contribution in [1.29, 1.82) is 0 Å².